The van der Waals surface area contributed by atoms with Crippen LogP contribution in [0.25, 0.3) is 11.1 Å². The normalized spacial score (nSPS) is 12.3. The Hall–Kier alpha value is -0.830. The van der Waals surface area contributed by atoms with Gasteiger partial charge in [0.05, 0.1) is 0 Å². The van der Waals surface area contributed by atoms with Gasteiger partial charge in [-0.3, -0.25) is 0 Å². The maximum absolute atomic E-state index is 2.45. The molecule has 0 N–H and O–H groups in total. The molecular weight excluding hydrogens is 427 g/mol. The first-order chi connectivity index (χ1) is 12.7. The number of halogens is 1. The Morgan fingerprint density at radius 3 is 2.19 bits per heavy atom. The van der Waals surface area contributed by atoms with Crippen LogP contribution in [0.1, 0.15) is 87.5 Å². The molecule has 1 aliphatic carbocycles. The molecule has 0 unspecified atom stereocenters. The molecule has 2 aromatic rings. The third kappa shape index (κ3) is 4.71. The summed E-state index contributed by atoms with van der Waals surface area (Å²) in [6.45, 7) is 4.60. The van der Waals surface area contributed by atoms with E-state index in [0.717, 1.165) is 6.42 Å². The Morgan fingerprint density at radius 1 is 0.769 bits per heavy atom. The molecule has 0 fully saturated rings. The molecule has 0 heterocycles. The molecule has 2 aromatic carbocycles. The van der Waals surface area contributed by atoms with Crippen LogP contribution in [0.5, 0.6) is 0 Å². The van der Waals surface area contributed by atoms with Gasteiger partial charge in [0.1, 0.15) is 0 Å². The Bertz CT molecular complexity index is 729. The lowest BCUT2D eigenvalue weighted by Crippen LogP contribution is -2.01. The SMILES string of the molecule is CCCCCCc1ccc2c(c1CCCCCC)Cc1cc(I)ccc1-2. The van der Waals surface area contributed by atoms with Crippen molar-refractivity contribution in [2.24, 2.45) is 0 Å². The molecule has 0 atom stereocenters. The van der Waals surface area contributed by atoms with E-state index < -0.39 is 0 Å². The van der Waals surface area contributed by atoms with Crippen LogP contribution in [-0.2, 0) is 19.3 Å². The highest BCUT2D eigenvalue weighted by molar-refractivity contribution is 14.1. The molecule has 1 aliphatic rings. The number of fused-ring (bicyclic) bond motifs is 3. The Morgan fingerprint density at radius 2 is 1.46 bits per heavy atom. The van der Waals surface area contributed by atoms with Crippen molar-refractivity contribution in [3.63, 3.8) is 0 Å². The van der Waals surface area contributed by atoms with Crippen LogP contribution < -0.4 is 0 Å². The Kier molecular flexibility index (Phi) is 7.60. The first-order valence-electron chi connectivity index (χ1n) is 10.7. The van der Waals surface area contributed by atoms with Crippen molar-refractivity contribution in [2.75, 3.05) is 0 Å². The van der Waals surface area contributed by atoms with E-state index >= 15 is 0 Å². The van der Waals surface area contributed by atoms with Gasteiger partial charge in [0, 0.05) is 3.57 Å². The highest BCUT2D eigenvalue weighted by Gasteiger charge is 2.22. The number of rotatable bonds is 10. The summed E-state index contributed by atoms with van der Waals surface area (Å²) in [7, 11) is 0. The molecule has 0 bridgehead atoms. The minimum atomic E-state index is 1.15. The predicted molar refractivity (Wildman–Crippen MR) is 123 cm³/mol. The number of benzene rings is 2. The second-order valence-electron chi connectivity index (χ2n) is 7.83. The zero-order valence-electron chi connectivity index (χ0n) is 16.5. The van der Waals surface area contributed by atoms with E-state index in [1.54, 1.807) is 16.7 Å². The van der Waals surface area contributed by atoms with Gasteiger partial charge in [-0.05, 0) is 100 Å². The van der Waals surface area contributed by atoms with Crippen molar-refractivity contribution >= 4 is 22.6 Å². The lowest BCUT2D eigenvalue weighted by atomic mass is 9.90. The van der Waals surface area contributed by atoms with E-state index in [2.05, 4.69) is 66.8 Å². The van der Waals surface area contributed by atoms with Crippen LogP contribution >= 0.6 is 22.6 Å². The molecule has 0 nitrogen and oxygen atoms in total. The zero-order chi connectivity index (χ0) is 18.4. The fourth-order valence-electron chi connectivity index (χ4n) is 4.37. The summed E-state index contributed by atoms with van der Waals surface area (Å²) in [4.78, 5) is 0. The minimum Gasteiger partial charge on any atom is -0.0654 e. The number of hydrogen-bond donors (Lipinski definition) is 0. The fraction of sp³-hybridized carbons (Fsp3) is 0.520. The van der Waals surface area contributed by atoms with Gasteiger partial charge >= 0.3 is 0 Å². The number of hydrogen-bond acceptors (Lipinski definition) is 0. The van der Waals surface area contributed by atoms with Crippen LogP contribution in [0.2, 0.25) is 0 Å². The smallest absolute Gasteiger partial charge is 0.0133 e. The standard InChI is InChI=1S/C25H33I/c1-3-5-7-9-11-19-13-15-24-23-16-14-21(26)17-20(23)18-25(24)22(19)12-10-8-6-4-2/h13-17H,3-12,18H2,1-2H3. The molecule has 0 saturated heterocycles. The summed E-state index contributed by atoms with van der Waals surface area (Å²) in [6.07, 6.45) is 14.5. The van der Waals surface area contributed by atoms with E-state index in [4.69, 9.17) is 0 Å². The molecule has 0 aliphatic heterocycles. The van der Waals surface area contributed by atoms with Crippen LogP contribution in [0.3, 0.4) is 0 Å². The van der Waals surface area contributed by atoms with Crippen molar-refractivity contribution in [1.82, 2.24) is 0 Å². The van der Waals surface area contributed by atoms with Gasteiger partial charge in [-0.25, -0.2) is 0 Å². The van der Waals surface area contributed by atoms with E-state index in [9.17, 15) is 0 Å². The van der Waals surface area contributed by atoms with Crippen molar-refractivity contribution in [3.8, 4) is 11.1 Å². The van der Waals surface area contributed by atoms with Crippen molar-refractivity contribution < 1.29 is 0 Å². The topological polar surface area (TPSA) is 0 Å². The largest absolute Gasteiger partial charge is 0.0654 e. The molecular formula is C25H33I. The van der Waals surface area contributed by atoms with Gasteiger partial charge in [0.15, 0.2) is 0 Å². The lowest BCUT2D eigenvalue weighted by molar-refractivity contribution is 0.649. The van der Waals surface area contributed by atoms with Crippen molar-refractivity contribution in [3.05, 3.63) is 56.2 Å². The summed E-state index contributed by atoms with van der Waals surface area (Å²) in [5.41, 5.74) is 9.50. The molecule has 0 radical (unpaired) electrons. The molecule has 140 valence electrons. The van der Waals surface area contributed by atoms with Gasteiger partial charge < -0.3 is 0 Å². The zero-order valence-corrected chi connectivity index (χ0v) is 18.7. The van der Waals surface area contributed by atoms with Gasteiger partial charge in [0.25, 0.3) is 0 Å². The quantitative estimate of drug-likeness (QED) is 0.212. The number of unbranched alkanes of at least 4 members (excludes halogenated alkanes) is 6. The van der Waals surface area contributed by atoms with Gasteiger partial charge in [-0.1, -0.05) is 70.6 Å². The Balaban J connectivity index is 1.84. The monoisotopic (exact) mass is 460 g/mol. The highest BCUT2D eigenvalue weighted by Crippen LogP contribution is 2.40. The summed E-state index contributed by atoms with van der Waals surface area (Å²) in [6, 6.07) is 11.8. The third-order valence-corrected chi connectivity index (χ3v) is 6.50. The molecule has 0 aromatic heterocycles. The maximum atomic E-state index is 2.45. The minimum absolute atomic E-state index is 1.15. The van der Waals surface area contributed by atoms with Gasteiger partial charge in [-0.2, -0.15) is 0 Å². The molecule has 0 amide bonds. The summed E-state index contributed by atoms with van der Waals surface area (Å²) in [5, 5.41) is 0. The average molecular weight is 460 g/mol. The van der Waals surface area contributed by atoms with Crippen LogP contribution in [0, 0.1) is 3.57 Å². The van der Waals surface area contributed by atoms with Crippen molar-refractivity contribution in [1.29, 1.82) is 0 Å². The van der Waals surface area contributed by atoms with E-state index in [1.165, 1.54) is 84.5 Å². The Labute approximate surface area is 173 Å². The molecule has 0 saturated carbocycles. The van der Waals surface area contributed by atoms with E-state index in [0.29, 0.717) is 0 Å². The molecule has 3 rings (SSSR count). The average Bonchev–Trinajstić information content (AvgIpc) is 3.00. The van der Waals surface area contributed by atoms with Crippen LogP contribution in [0.15, 0.2) is 30.3 Å². The lowest BCUT2D eigenvalue weighted by Gasteiger charge is -2.15. The highest BCUT2D eigenvalue weighted by atomic mass is 127. The molecule has 26 heavy (non-hydrogen) atoms. The van der Waals surface area contributed by atoms with Crippen LogP contribution in [0.4, 0.5) is 0 Å². The van der Waals surface area contributed by atoms with Gasteiger partial charge in [-0.15, -0.1) is 0 Å². The second kappa shape index (κ2) is 9.92. The summed E-state index contributed by atoms with van der Waals surface area (Å²) in [5.74, 6) is 0. The summed E-state index contributed by atoms with van der Waals surface area (Å²) >= 11 is 2.45. The van der Waals surface area contributed by atoms with E-state index in [1.807, 2.05) is 0 Å². The molecule has 1 heteroatoms. The fourth-order valence-corrected chi connectivity index (χ4v) is 4.93. The van der Waals surface area contributed by atoms with E-state index in [-0.39, 0.29) is 0 Å². The van der Waals surface area contributed by atoms with Crippen molar-refractivity contribution in [2.45, 2.75) is 84.5 Å². The molecule has 0 spiro atoms. The predicted octanol–water partition coefficient (Wildman–Crippen LogP) is 8.11. The first kappa shape index (κ1) is 19.9. The summed E-state index contributed by atoms with van der Waals surface area (Å²) < 4.78 is 1.36. The van der Waals surface area contributed by atoms with Crippen LogP contribution in [-0.4, -0.2) is 0 Å². The maximum Gasteiger partial charge on any atom is 0.0133 e. The van der Waals surface area contributed by atoms with Gasteiger partial charge in [0.2, 0.25) is 0 Å². The second-order valence-corrected chi connectivity index (χ2v) is 9.07. The number of aryl methyl sites for hydroxylation is 1. The first-order valence-corrected chi connectivity index (χ1v) is 11.7. The third-order valence-electron chi connectivity index (χ3n) is 5.83.